The molecule has 27 heavy (non-hydrogen) atoms. The molecule has 142 valence electrons. The van der Waals surface area contributed by atoms with Crippen LogP contribution in [0.3, 0.4) is 0 Å². The van der Waals surface area contributed by atoms with Crippen molar-refractivity contribution in [1.29, 1.82) is 0 Å². The Kier molecular flexibility index (Phi) is 5.79. The van der Waals surface area contributed by atoms with Crippen molar-refractivity contribution in [1.82, 2.24) is 10.2 Å². The number of nitrogens with one attached hydrogen (secondary N) is 1. The maximum atomic E-state index is 12.7. The first kappa shape index (κ1) is 19.0. The van der Waals surface area contributed by atoms with Crippen molar-refractivity contribution in [2.24, 2.45) is 0 Å². The zero-order valence-corrected chi connectivity index (χ0v) is 16.2. The number of carbonyl (C=O) groups excluding carboxylic acids is 2. The van der Waals surface area contributed by atoms with E-state index in [9.17, 15) is 9.59 Å². The third kappa shape index (κ3) is 4.48. The minimum Gasteiger partial charge on any atom is -0.378 e. The van der Waals surface area contributed by atoms with Crippen molar-refractivity contribution >= 4 is 17.5 Å². The third-order valence-corrected chi connectivity index (χ3v) is 5.14. The number of piperidine rings is 1. The number of benzene rings is 2. The number of rotatable bonds is 4. The summed E-state index contributed by atoms with van der Waals surface area (Å²) in [7, 11) is 3.96. The molecule has 1 saturated heterocycles. The average Bonchev–Trinajstić information content (AvgIpc) is 2.68. The first-order valence-corrected chi connectivity index (χ1v) is 9.39. The number of aryl methyl sites for hydroxylation is 1. The largest absolute Gasteiger partial charge is 0.378 e. The van der Waals surface area contributed by atoms with Crippen LogP contribution in [-0.2, 0) is 0 Å². The van der Waals surface area contributed by atoms with Crippen molar-refractivity contribution in [3.8, 4) is 0 Å². The smallest absolute Gasteiger partial charge is 0.253 e. The Morgan fingerprint density at radius 3 is 2.22 bits per heavy atom. The first-order valence-electron chi connectivity index (χ1n) is 9.39. The molecular weight excluding hydrogens is 338 g/mol. The molecule has 0 aromatic heterocycles. The molecule has 1 fully saturated rings. The minimum atomic E-state index is -0.0304. The van der Waals surface area contributed by atoms with Crippen molar-refractivity contribution in [2.75, 3.05) is 32.1 Å². The predicted octanol–water partition coefficient (Wildman–Crippen LogP) is 3.10. The van der Waals surface area contributed by atoms with E-state index in [1.54, 1.807) is 0 Å². The summed E-state index contributed by atoms with van der Waals surface area (Å²) in [5.41, 5.74) is 3.48. The lowest BCUT2D eigenvalue weighted by molar-refractivity contribution is 0.0698. The van der Waals surface area contributed by atoms with Crippen LogP contribution >= 0.6 is 0 Å². The number of nitrogens with zero attached hydrogens (tertiary/aromatic N) is 2. The third-order valence-electron chi connectivity index (χ3n) is 5.14. The van der Waals surface area contributed by atoms with Gasteiger partial charge in [0.1, 0.15) is 0 Å². The molecule has 2 amide bonds. The Morgan fingerprint density at radius 2 is 1.63 bits per heavy atom. The Bertz CT molecular complexity index is 807. The number of hydrogen-bond donors (Lipinski definition) is 1. The van der Waals surface area contributed by atoms with Gasteiger partial charge in [-0.15, -0.1) is 0 Å². The topological polar surface area (TPSA) is 52.7 Å². The van der Waals surface area contributed by atoms with E-state index >= 15 is 0 Å². The zero-order chi connectivity index (χ0) is 19.4. The van der Waals surface area contributed by atoms with Crippen LogP contribution in [-0.4, -0.2) is 49.9 Å². The summed E-state index contributed by atoms with van der Waals surface area (Å²) in [6.45, 7) is 3.26. The highest BCUT2D eigenvalue weighted by molar-refractivity contribution is 5.96. The highest BCUT2D eigenvalue weighted by atomic mass is 16.2. The van der Waals surface area contributed by atoms with Crippen LogP contribution < -0.4 is 10.2 Å². The van der Waals surface area contributed by atoms with Gasteiger partial charge in [0.15, 0.2) is 0 Å². The SMILES string of the molecule is Cc1ccccc1C(=O)NC1CCN(C(=O)c2ccc(N(C)C)cc2)CC1. The molecule has 5 heteroatoms. The molecule has 0 atom stereocenters. The maximum absolute atomic E-state index is 12.7. The zero-order valence-electron chi connectivity index (χ0n) is 16.2. The average molecular weight is 365 g/mol. The van der Waals surface area contributed by atoms with Crippen molar-refractivity contribution in [3.05, 3.63) is 65.2 Å². The normalized spacial score (nSPS) is 14.7. The number of amides is 2. The summed E-state index contributed by atoms with van der Waals surface area (Å²) in [6, 6.07) is 15.4. The predicted molar refractivity (Wildman–Crippen MR) is 108 cm³/mol. The van der Waals surface area contributed by atoms with Gasteiger partial charge in [-0.2, -0.15) is 0 Å². The van der Waals surface area contributed by atoms with Gasteiger partial charge in [0.05, 0.1) is 0 Å². The van der Waals surface area contributed by atoms with Gasteiger partial charge in [-0.3, -0.25) is 9.59 Å². The summed E-state index contributed by atoms with van der Waals surface area (Å²) in [6.07, 6.45) is 1.55. The van der Waals surface area contributed by atoms with Crippen molar-refractivity contribution in [3.63, 3.8) is 0 Å². The summed E-state index contributed by atoms with van der Waals surface area (Å²) in [5.74, 6) is 0.0288. The fraction of sp³-hybridized carbons (Fsp3) is 0.364. The van der Waals surface area contributed by atoms with Crippen molar-refractivity contribution in [2.45, 2.75) is 25.8 Å². The van der Waals surface area contributed by atoms with E-state index in [1.165, 1.54) is 0 Å². The van der Waals surface area contributed by atoms with Crippen LogP contribution in [0.2, 0.25) is 0 Å². The summed E-state index contributed by atoms with van der Waals surface area (Å²) in [5, 5.41) is 3.11. The van der Waals surface area contributed by atoms with Gasteiger partial charge in [0.2, 0.25) is 0 Å². The van der Waals surface area contributed by atoms with Crippen LogP contribution in [0.1, 0.15) is 39.1 Å². The molecule has 2 aromatic carbocycles. The molecule has 2 aromatic rings. The van der Waals surface area contributed by atoms with Gasteiger partial charge in [-0.1, -0.05) is 18.2 Å². The van der Waals surface area contributed by atoms with E-state index in [0.29, 0.717) is 18.7 Å². The van der Waals surface area contributed by atoms with Gasteiger partial charge < -0.3 is 15.1 Å². The highest BCUT2D eigenvalue weighted by Gasteiger charge is 2.25. The first-order chi connectivity index (χ1) is 13.0. The summed E-state index contributed by atoms with van der Waals surface area (Å²) in [4.78, 5) is 29.0. The van der Waals surface area contributed by atoms with E-state index < -0.39 is 0 Å². The Morgan fingerprint density at radius 1 is 1.00 bits per heavy atom. The Hall–Kier alpha value is -2.82. The standard InChI is InChI=1S/C22H27N3O2/c1-16-6-4-5-7-20(16)21(26)23-18-12-14-25(15-13-18)22(27)17-8-10-19(11-9-17)24(2)3/h4-11,18H,12-15H2,1-3H3,(H,23,26). The molecule has 0 unspecified atom stereocenters. The second-order valence-electron chi connectivity index (χ2n) is 7.30. The maximum Gasteiger partial charge on any atom is 0.253 e. The Balaban J connectivity index is 1.54. The van der Waals surface area contributed by atoms with E-state index in [1.807, 2.05) is 79.3 Å². The quantitative estimate of drug-likeness (QED) is 0.906. The van der Waals surface area contributed by atoms with Crippen LogP contribution in [0, 0.1) is 6.92 Å². The van der Waals surface area contributed by atoms with E-state index in [0.717, 1.165) is 29.7 Å². The molecule has 5 nitrogen and oxygen atoms in total. The van der Waals surface area contributed by atoms with Crippen LogP contribution in [0.25, 0.3) is 0 Å². The molecular formula is C22H27N3O2. The molecule has 0 bridgehead atoms. The van der Waals surface area contributed by atoms with E-state index in [4.69, 9.17) is 0 Å². The molecule has 0 aliphatic carbocycles. The van der Waals surface area contributed by atoms with Crippen LogP contribution in [0.4, 0.5) is 5.69 Å². The molecule has 0 radical (unpaired) electrons. The lowest BCUT2D eigenvalue weighted by Crippen LogP contribution is -2.46. The second-order valence-corrected chi connectivity index (χ2v) is 7.30. The lowest BCUT2D eigenvalue weighted by Gasteiger charge is -2.32. The minimum absolute atomic E-state index is 0.0304. The Labute approximate surface area is 161 Å². The molecule has 3 rings (SSSR count). The molecule has 0 saturated carbocycles. The van der Waals surface area contributed by atoms with E-state index in [2.05, 4.69) is 5.32 Å². The van der Waals surface area contributed by atoms with Gasteiger partial charge in [0, 0.05) is 50.0 Å². The van der Waals surface area contributed by atoms with Gasteiger partial charge in [-0.05, 0) is 55.7 Å². The van der Waals surface area contributed by atoms with Crippen LogP contribution in [0.15, 0.2) is 48.5 Å². The fourth-order valence-electron chi connectivity index (χ4n) is 3.40. The number of hydrogen-bond acceptors (Lipinski definition) is 3. The van der Waals surface area contributed by atoms with Crippen molar-refractivity contribution < 1.29 is 9.59 Å². The van der Waals surface area contributed by atoms with Gasteiger partial charge in [-0.25, -0.2) is 0 Å². The molecule has 1 aliphatic heterocycles. The molecule has 1 N–H and O–H groups in total. The summed E-state index contributed by atoms with van der Waals surface area (Å²) < 4.78 is 0. The van der Waals surface area contributed by atoms with Crippen LogP contribution in [0.5, 0.6) is 0 Å². The molecule has 0 spiro atoms. The number of anilines is 1. The monoisotopic (exact) mass is 365 g/mol. The van der Waals surface area contributed by atoms with Gasteiger partial charge in [0.25, 0.3) is 11.8 Å². The van der Waals surface area contributed by atoms with E-state index in [-0.39, 0.29) is 17.9 Å². The highest BCUT2D eigenvalue weighted by Crippen LogP contribution is 2.18. The second kappa shape index (κ2) is 8.25. The summed E-state index contributed by atoms with van der Waals surface area (Å²) >= 11 is 0. The molecule has 1 aliphatic rings. The lowest BCUT2D eigenvalue weighted by atomic mass is 10.0. The number of likely N-dealkylation sites (tertiary alicyclic amines) is 1. The molecule has 1 heterocycles. The fourth-order valence-corrected chi connectivity index (χ4v) is 3.40. The van der Waals surface area contributed by atoms with Gasteiger partial charge >= 0.3 is 0 Å². The number of carbonyl (C=O) groups is 2.